The first-order valence-electron chi connectivity index (χ1n) is 10.9. The summed E-state index contributed by atoms with van der Waals surface area (Å²) in [5.41, 5.74) is -8.25. The fourth-order valence-corrected chi connectivity index (χ4v) is 9.28. The summed E-state index contributed by atoms with van der Waals surface area (Å²) in [6.07, 6.45) is -9.41. The van der Waals surface area contributed by atoms with Crippen LogP contribution in [-0.4, -0.2) is 103 Å². The van der Waals surface area contributed by atoms with Crippen LogP contribution in [0.25, 0.3) is 0 Å². The highest BCUT2D eigenvalue weighted by Crippen LogP contribution is 2.67. The van der Waals surface area contributed by atoms with Crippen LogP contribution in [0.5, 0.6) is 0 Å². The third-order valence-electron chi connectivity index (χ3n) is 6.02. The van der Waals surface area contributed by atoms with Gasteiger partial charge in [-0.25, -0.2) is 9.59 Å². The van der Waals surface area contributed by atoms with Crippen LogP contribution >= 0.6 is 17.1 Å². The van der Waals surface area contributed by atoms with Crippen molar-refractivity contribution in [2.75, 3.05) is 13.2 Å². The van der Waals surface area contributed by atoms with Crippen LogP contribution in [-0.2, 0) is 25.8 Å². The molecule has 2 aliphatic rings. The molecule has 2 fully saturated rings. The molecule has 0 spiro atoms. The smallest absolute Gasteiger partial charge is 0.330 e. The highest BCUT2D eigenvalue weighted by atomic mass is 32.9. The average molecular weight is 615 g/mol. The lowest BCUT2D eigenvalue weighted by atomic mass is 10.1. The molecule has 0 aliphatic carbocycles. The quantitative estimate of drug-likeness (QED) is 0.0993. The molecule has 4 heterocycles. The maximum Gasteiger partial charge on any atom is 0.330 e. The molecule has 0 aromatic carbocycles. The Bertz CT molecular complexity index is 1400. The Kier molecular flexibility index (Phi) is 8.25. The van der Waals surface area contributed by atoms with Crippen molar-refractivity contribution in [2.45, 2.75) is 47.6 Å². The normalized spacial score (nSPS) is 36.2. The zero-order valence-electron chi connectivity index (χ0n) is 19.3. The van der Waals surface area contributed by atoms with E-state index in [-0.39, 0.29) is 11.4 Å². The average Bonchev–Trinajstić information content (AvgIpc) is 3.22. The van der Waals surface area contributed by atoms with Gasteiger partial charge in [-0.2, -0.15) is 0 Å². The summed E-state index contributed by atoms with van der Waals surface area (Å²) < 4.78 is 17.3. The van der Waals surface area contributed by atoms with E-state index in [2.05, 4.69) is 0 Å². The molecule has 2 aromatic rings. The maximum atomic E-state index is 12.2. The standard InChI is InChI=1S/C18H23N4O14PS2/c23-5-7-17(31,11(27)13(34-7)21-3-1-9(25)19-15(21)29)36-37(33,38)39-18(32)8(6-24)35-14(12(18)28)22-4-2-10(26)20-16(22)30/h1-4,7-8,11-14,23-24,27-28,31-32H,5-6H2,(H,33,38)(H,19,25,29)(H,20,26,30)/t7-,8-,11?,12?,13-,14-,17?,18?,37?/m0/s1. The van der Waals surface area contributed by atoms with Crippen LogP contribution in [0.4, 0.5) is 0 Å². The van der Waals surface area contributed by atoms with E-state index in [1.165, 1.54) is 0 Å². The third kappa shape index (κ3) is 5.36. The third-order valence-corrected chi connectivity index (χ3v) is 10.3. The van der Waals surface area contributed by atoms with Crippen molar-refractivity contribution in [1.82, 2.24) is 19.1 Å². The lowest BCUT2D eigenvalue weighted by Crippen LogP contribution is -2.51. The van der Waals surface area contributed by atoms with Crippen molar-refractivity contribution in [3.63, 3.8) is 0 Å². The van der Waals surface area contributed by atoms with Gasteiger partial charge in [-0.3, -0.25) is 33.2 Å². The zero-order chi connectivity index (χ0) is 28.9. The van der Waals surface area contributed by atoms with Crippen LogP contribution in [0.15, 0.2) is 43.7 Å². The van der Waals surface area contributed by atoms with Gasteiger partial charge in [-0.1, -0.05) is 0 Å². The summed E-state index contributed by atoms with van der Waals surface area (Å²) >= 11 is 4.95. The minimum absolute atomic E-state index is 0.0697. The van der Waals surface area contributed by atoms with Gasteiger partial charge in [0.1, 0.15) is 18.3 Å². The Morgan fingerprint density at radius 3 is 1.85 bits per heavy atom. The maximum absolute atomic E-state index is 12.2. The number of hydrogen-bond acceptors (Lipinski definition) is 15. The van der Waals surface area contributed by atoms with Gasteiger partial charge in [0.2, 0.25) is 11.5 Å². The lowest BCUT2D eigenvalue weighted by Gasteiger charge is -2.37. The van der Waals surface area contributed by atoms with E-state index < -0.39 is 89.0 Å². The van der Waals surface area contributed by atoms with Gasteiger partial charge in [-0.15, -0.1) is 0 Å². The number of nitrogens with zero attached hydrogens (tertiary/aromatic N) is 2. The molecular weight excluding hydrogens is 591 g/mol. The number of aromatic amines is 2. The van der Waals surface area contributed by atoms with E-state index in [1.54, 1.807) is 0 Å². The Balaban J connectivity index is 1.62. The molecule has 39 heavy (non-hydrogen) atoms. The number of rotatable bonds is 8. The SMILES string of the molecule is O=c1ccn([C@H]2O[C@@H](CO)C(O)(OP(O)(=S)SC3(O)C(O)[C@@H](n4ccc(=O)[nH]c4=O)O[C@H]3CO)C2O)c(=O)[nH]1. The van der Waals surface area contributed by atoms with Crippen LogP contribution < -0.4 is 22.5 Å². The van der Waals surface area contributed by atoms with Gasteiger partial charge in [0.15, 0.2) is 23.5 Å². The molecule has 2 saturated heterocycles. The molecule has 0 radical (unpaired) electrons. The number of aromatic nitrogens is 4. The zero-order valence-corrected chi connectivity index (χ0v) is 21.9. The van der Waals surface area contributed by atoms with Crippen molar-refractivity contribution < 1.29 is 49.5 Å². The van der Waals surface area contributed by atoms with E-state index in [0.717, 1.165) is 24.5 Å². The molecular formula is C18H23N4O14PS2. The first-order chi connectivity index (χ1) is 18.2. The monoisotopic (exact) mass is 614 g/mol. The highest BCUT2D eigenvalue weighted by Gasteiger charge is 2.63. The number of hydrogen-bond donors (Lipinski definition) is 9. The van der Waals surface area contributed by atoms with Crippen molar-refractivity contribution in [2.24, 2.45) is 0 Å². The van der Waals surface area contributed by atoms with Crippen molar-refractivity contribution in [1.29, 1.82) is 0 Å². The molecule has 0 amide bonds. The van der Waals surface area contributed by atoms with Crippen molar-refractivity contribution in [3.05, 3.63) is 66.2 Å². The van der Waals surface area contributed by atoms with Gasteiger partial charge >= 0.3 is 11.4 Å². The molecule has 0 bridgehead atoms. The van der Waals surface area contributed by atoms with Gasteiger partial charge in [-0.05, 0) is 23.2 Å². The fourth-order valence-electron chi connectivity index (χ4n) is 4.12. The highest BCUT2D eigenvalue weighted by molar-refractivity contribution is 8.68. The van der Waals surface area contributed by atoms with Gasteiger partial charge in [0.25, 0.3) is 11.1 Å². The molecule has 216 valence electrons. The number of nitrogens with one attached hydrogen (secondary N) is 2. The summed E-state index contributed by atoms with van der Waals surface area (Å²) in [5, 5.41) is 63.5. The number of ether oxygens (including phenoxy) is 2. The Morgan fingerprint density at radius 2 is 1.38 bits per heavy atom. The number of H-pyrrole nitrogens is 2. The second-order valence-corrected chi connectivity index (χ2v) is 14.6. The molecule has 4 rings (SSSR count). The molecule has 9 N–H and O–H groups in total. The van der Waals surface area contributed by atoms with Crippen LogP contribution in [0.1, 0.15) is 12.5 Å². The molecule has 0 saturated carbocycles. The molecule has 9 atom stereocenters. The fraction of sp³-hybridized carbons (Fsp3) is 0.556. The summed E-state index contributed by atoms with van der Waals surface area (Å²) in [6, 6.07) is 1.83. The van der Waals surface area contributed by atoms with E-state index in [0.29, 0.717) is 9.13 Å². The van der Waals surface area contributed by atoms with Gasteiger partial charge in [0.05, 0.1) is 13.2 Å². The molecule has 5 unspecified atom stereocenters. The van der Waals surface area contributed by atoms with E-state index in [1.807, 2.05) is 9.97 Å². The number of aliphatic hydroxyl groups excluding tert-OH is 4. The minimum atomic E-state index is -4.62. The predicted octanol–water partition coefficient (Wildman–Crippen LogP) is -5.07. The predicted molar refractivity (Wildman–Crippen MR) is 132 cm³/mol. The largest absolute Gasteiger partial charge is 0.394 e. The summed E-state index contributed by atoms with van der Waals surface area (Å²) in [7, 11) is 0. The summed E-state index contributed by atoms with van der Waals surface area (Å²) in [5.74, 6) is -3.00. The van der Waals surface area contributed by atoms with Crippen molar-refractivity contribution >= 4 is 28.9 Å². The van der Waals surface area contributed by atoms with Crippen LogP contribution in [0.2, 0.25) is 0 Å². The summed E-state index contributed by atoms with van der Waals surface area (Å²) in [6.45, 7) is -2.01. The minimum Gasteiger partial charge on any atom is -0.394 e. The Morgan fingerprint density at radius 1 is 0.923 bits per heavy atom. The van der Waals surface area contributed by atoms with E-state index in [9.17, 15) is 54.7 Å². The van der Waals surface area contributed by atoms with Gasteiger partial charge in [0, 0.05) is 24.5 Å². The summed E-state index contributed by atoms with van der Waals surface area (Å²) in [4.78, 5) is 59.1. The molecule has 18 nitrogen and oxygen atoms in total. The van der Waals surface area contributed by atoms with Crippen LogP contribution in [0, 0.1) is 0 Å². The number of aliphatic hydroxyl groups is 6. The second-order valence-electron chi connectivity index (χ2n) is 8.48. The Labute approximate surface area is 224 Å². The first-order valence-corrected chi connectivity index (χ1v) is 15.0. The first kappa shape index (κ1) is 29.9. The Hall–Kier alpha value is -2.04. The van der Waals surface area contributed by atoms with E-state index in [4.69, 9.17) is 25.8 Å². The molecule has 2 aromatic heterocycles. The topological polar surface area (TPSA) is 279 Å². The second kappa shape index (κ2) is 10.7. The van der Waals surface area contributed by atoms with Gasteiger partial charge < -0.3 is 45.0 Å². The molecule has 21 heteroatoms. The van der Waals surface area contributed by atoms with Crippen molar-refractivity contribution in [3.8, 4) is 0 Å². The van der Waals surface area contributed by atoms with Crippen LogP contribution in [0.3, 0.4) is 0 Å². The van der Waals surface area contributed by atoms with E-state index >= 15 is 0 Å². The lowest BCUT2D eigenvalue weighted by molar-refractivity contribution is -0.215. The molecule has 2 aliphatic heterocycles.